The van der Waals surface area contributed by atoms with Crippen molar-refractivity contribution < 1.29 is 5.11 Å². The number of piperidine rings is 1. The number of hydrogen-bond acceptors (Lipinski definition) is 3. The SMILES string of the molecule is CN1CCC(CN(C)CCCCO)CC1. The number of nitrogens with zero attached hydrogens (tertiary/aromatic N) is 2. The summed E-state index contributed by atoms with van der Waals surface area (Å²) < 4.78 is 0. The van der Waals surface area contributed by atoms with Gasteiger partial charge in [0, 0.05) is 13.2 Å². The van der Waals surface area contributed by atoms with Crippen molar-refractivity contribution in [1.82, 2.24) is 9.80 Å². The van der Waals surface area contributed by atoms with Crippen LogP contribution in [-0.2, 0) is 0 Å². The van der Waals surface area contributed by atoms with Crippen LogP contribution in [0.5, 0.6) is 0 Å². The van der Waals surface area contributed by atoms with Gasteiger partial charge in [0.1, 0.15) is 0 Å². The van der Waals surface area contributed by atoms with Crippen molar-refractivity contribution in [1.29, 1.82) is 0 Å². The second-order valence-corrected chi connectivity index (χ2v) is 4.94. The van der Waals surface area contributed by atoms with Gasteiger partial charge in [0.2, 0.25) is 0 Å². The van der Waals surface area contributed by atoms with E-state index in [0.29, 0.717) is 6.61 Å². The lowest BCUT2D eigenvalue weighted by molar-refractivity contribution is 0.173. The number of hydrogen-bond donors (Lipinski definition) is 1. The number of unbranched alkanes of at least 4 members (excludes halogenated alkanes) is 1. The molecule has 0 aromatic heterocycles. The number of likely N-dealkylation sites (tertiary alicyclic amines) is 1. The predicted molar refractivity (Wildman–Crippen MR) is 64.0 cm³/mol. The van der Waals surface area contributed by atoms with E-state index >= 15 is 0 Å². The number of aliphatic hydroxyl groups excluding tert-OH is 1. The topological polar surface area (TPSA) is 26.7 Å². The first-order valence-electron chi connectivity index (χ1n) is 6.20. The minimum atomic E-state index is 0.335. The Morgan fingerprint density at radius 2 is 1.93 bits per heavy atom. The van der Waals surface area contributed by atoms with Crippen molar-refractivity contribution in [2.75, 3.05) is 46.9 Å². The van der Waals surface area contributed by atoms with Crippen molar-refractivity contribution in [3.05, 3.63) is 0 Å². The van der Waals surface area contributed by atoms with Crippen LogP contribution in [0.4, 0.5) is 0 Å². The molecular formula is C12H26N2O. The molecule has 1 heterocycles. The summed E-state index contributed by atoms with van der Waals surface area (Å²) in [4.78, 5) is 4.84. The van der Waals surface area contributed by atoms with Crippen LogP contribution in [0.3, 0.4) is 0 Å². The third kappa shape index (κ3) is 5.50. The van der Waals surface area contributed by atoms with E-state index in [1.54, 1.807) is 0 Å². The van der Waals surface area contributed by atoms with Gasteiger partial charge in [0.25, 0.3) is 0 Å². The summed E-state index contributed by atoms with van der Waals surface area (Å²) in [6, 6.07) is 0. The smallest absolute Gasteiger partial charge is 0.0431 e. The molecule has 0 bridgehead atoms. The molecule has 1 N–H and O–H groups in total. The van der Waals surface area contributed by atoms with Crippen LogP contribution in [0.1, 0.15) is 25.7 Å². The minimum Gasteiger partial charge on any atom is -0.396 e. The third-order valence-corrected chi connectivity index (χ3v) is 3.36. The van der Waals surface area contributed by atoms with Gasteiger partial charge in [-0.1, -0.05) is 0 Å². The Balaban J connectivity index is 2.06. The molecule has 0 aromatic rings. The van der Waals surface area contributed by atoms with E-state index in [1.807, 2.05) is 0 Å². The van der Waals surface area contributed by atoms with Crippen LogP contribution in [0.2, 0.25) is 0 Å². The summed E-state index contributed by atoms with van der Waals surface area (Å²) in [6.45, 7) is 5.22. The first-order chi connectivity index (χ1) is 7.22. The molecule has 1 rings (SSSR count). The lowest BCUT2D eigenvalue weighted by Crippen LogP contribution is -2.36. The molecule has 0 aliphatic carbocycles. The first kappa shape index (κ1) is 12.9. The second-order valence-electron chi connectivity index (χ2n) is 4.94. The summed E-state index contributed by atoms with van der Waals surface area (Å²) in [5, 5.41) is 8.71. The van der Waals surface area contributed by atoms with Crippen LogP contribution < -0.4 is 0 Å². The fraction of sp³-hybridized carbons (Fsp3) is 1.00. The summed E-state index contributed by atoms with van der Waals surface area (Å²) in [5.41, 5.74) is 0. The van der Waals surface area contributed by atoms with Gasteiger partial charge in [-0.05, 0) is 65.3 Å². The van der Waals surface area contributed by atoms with Gasteiger partial charge in [-0.25, -0.2) is 0 Å². The summed E-state index contributed by atoms with van der Waals surface area (Å²) >= 11 is 0. The zero-order chi connectivity index (χ0) is 11.1. The maximum atomic E-state index is 8.71. The zero-order valence-electron chi connectivity index (χ0n) is 10.3. The molecule has 0 spiro atoms. The van der Waals surface area contributed by atoms with Gasteiger partial charge in [-0.15, -0.1) is 0 Å². The van der Waals surface area contributed by atoms with E-state index in [1.165, 1.54) is 32.5 Å². The van der Waals surface area contributed by atoms with Crippen molar-refractivity contribution in [2.24, 2.45) is 5.92 Å². The van der Waals surface area contributed by atoms with Crippen molar-refractivity contribution in [2.45, 2.75) is 25.7 Å². The number of rotatable bonds is 6. The molecule has 0 atom stereocenters. The number of aliphatic hydroxyl groups is 1. The van der Waals surface area contributed by atoms with E-state index in [-0.39, 0.29) is 0 Å². The summed E-state index contributed by atoms with van der Waals surface area (Å²) in [6.07, 6.45) is 4.76. The molecule has 1 fully saturated rings. The molecule has 0 amide bonds. The van der Waals surface area contributed by atoms with Gasteiger partial charge in [0.05, 0.1) is 0 Å². The van der Waals surface area contributed by atoms with E-state index < -0.39 is 0 Å². The normalized spacial score (nSPS) is 20.0. The van der Waals surface area contributed by atoms with Gasteiger partial charge >= 0.3 is 0 Å². The summed E-state index contributed by atoms with van der Waals surface area (Å²) in [5.74, 6) is 0.889. The highest BCUT2D eigenvalue weighted by Gasteiger charge is 2.17. The molecule has 3 heteroatoms. The van der Waals surface area contributed by atoms with Crippen LogP contribution in [0.15, 0.2) is 0 Å². The molecule has 1 aliphatic rings. The molecule has 3 nitrogen and oxygen atoms in total. The molecule has 0 unspecified atom stereocenters. The molecule has 1 saturated heterocycles. The fourth-order valence-electron chi connectivity index (χ4n) is 2.27. The summed E-state index contributed by atoms with van der Waals surface area (Å²) in [7, 11) is 4.41. The Hall–Kier alpha value is -0.120. The fourth-order valence-corrected chi connectivity index (χ4v) is 2.27. The highest BCUT2D eigenvalue weighted by atomic mass is 16.2. The molecule has 0 aromatic carbocycles. The zero-order valence-corrected chi connectivity index (χ0v) is 10.3. The van der Waals surface area contributed by atoms with Crippen LogP contribution in [0, 0.1) is 5.92 Å². The molecule has 1 aliphatic heterocycles. The standard InChI is InChI=1S/C12H26N2O/c1-13-8-5-12(6-9-13)11-14(2)7-3-4-10-15/h12,15H,3-11H2,1-2H3. The maximum Gasteiger partial charge on any atom is 0.0431 e. The highest BCUT2D eigenvalue weighted by Crippen LogP contribution is 2.16. The minimum absolute atomic E-state index is 0.335. The third-order valence-electron chi connectivity index (χ3n) is 3.36. The van der Waals surface area contributed by atoms with Crippen LogP contribution in [-0.4, -0.2) is 61.8 Å². The Morgan fingerprint density at radius 3 is 2.53 bits per heavy atom. The average Bonchev–Trinajstić information content (AvgIpc) is 2.22. The van der Waals surface area contributed by atoms with Gasteiger partial charge < -0.3 is 14.9 Å². The van der Waals surface area contributed by atoms with Gasteiger partial charge in [-0.2, -0.15) is 0 Å². The van der Waals surface area contributed by atoms with Crippen LogP contribution in [0.25, 0.3) is 0 Å². The monoisotopic (exact) mass is 214 g/mol. The molecular weight excluding hydrogens is 188 g/mol. The van der Waals surface area contributed by atoms with E-state index in [0.717, 1.165) is 25.3 Å². The molecule has 15 heavy (non-hydrogen) atoms. The maximum absolute atomic E-state index is 8.71. The molecule has 0 radical (unpaired) electrons. The predicted octanol–water partition coefficient (Wildman–Crippen LogP) is 1.03. The first-order valence-corrected chi connectivity index (χ1v) is 6.20. The van der Waals surface area contributed by atoms with E-state index in [4.69, 9.17) is 5.11 Å². The second kappa shape index (κ2) is 7.20. The van der Waals surface area contributed by atoms with E-state index in [9.17, 15) is 0 Å². The largest absolute Gasteiger partial charge is 0.396 e. The quantitative estimate of drug-likeness (QED) is 0.669. The Bertz CT molecular complexity index is 156. The molecule has 90 valence electrons. The van der Waals surface area contributed by atoms with Crippen molar-refractivity contribution in [3.8, 4) is 0 Å². The average molecular weight is 214 g/mol. The lowest BCUT2D eigenvalue weighted by Gasteiger charge is -2.31. The Labute approximate surface area is 94.1 Å². The Morgan fingerprint density at radius 1 is 1.27 bits per heavy atom. The van der Waals surface area contributed by atoms with Gasteiger partial charge in [0.15, 0.2) is 0 Å². The van der Waals surface area contributed by atoms with E-state index in [2.05, 4.69) is 23.9 Å². The molecule has 0 saturated carbocycles. The lowest BCUT2D eigenvalue weighted by atomic mass is 9.96. The van der Waals surface area contributed by atoms with Crippen LogP contribution >= 0.6 is 0 Å². The van der Waals surface area contributed by atoms with Crippen molar-refractivity contribution >= 4 is 0 Å². The van der Waals surface area contributed by atoms with Gasteiger partial charge in [-0.3, -0.25) is 0 Å². The van der Waals surface area contributed by atoms with Crippen molar-refractivity contribution in [3.63, 3.8) is 0 Å². The Kier molecular flexibility index (Phi) is 6.22. The highest BCUT2D eigenvalue weighted by molar-refractivity contribution is 4.72.